The van der Waals surface area contributed by atoms with Crippen LogP contribution in [0.4, 0.5) is 0 Å². The molecule has 0 radical (unpaired) electrons. The molecule has 6 heteroatoms. The van der Waals surface area contributed by atoms with Crippen molar-refractivity contribution in [3.63, 3.8) is 0 Å². The molecule has 132 valence electrons. The van der Waals surface area contributed by atoms with E-state index in [0.717, 1.165) is 15.6 Å². The number of halogens is 1. The van der Waals surface area contributed by atoms with Gasteiger partial charge in [-0.05, 0) is 35.4 Å². The molecular formula is C19H20BrNO4. The molecule has 0 aromatic heterocycles. The highest BCUT2D eigenvalue weighted by atomic mass is 79.9. The van der Waals surface area contributed by atoms with Gasteiger partial charge in [-0.25, -0.2) is 0 Å². The zero-order chi connectivity index (χ0) is 18.2. The van der Waals surface area contributed by atoms with E-state index in [2.05, 4.69) is 21.2 Å². The van der Waals surface area contributed by atoms with Gasteiger partial charge in [0, 0.05) is 4.47 Å². The fourth-order valence-corrected chi connectivity index (χ4v) is 2.67. The van der Waals surface area contributed by atoms with Gasteiger partial charge in [-0.3, -0.25) is 9.59 Å². The molecule has 1 unspecified atom stereocenters. The van der Waals surface area contributed by atoms with Crippen molar-refractivity contribution < 1.29 is 19.1 Å². The van der Waals surface area contributed by atoms with Gasteiger partial charge in [0.2, 0.25) is 5.91 Å². The smallest absolute Gasteiger partial charge is 0.307 e. The minimum absolute atomic E-state index is 0.0714. The van der Waals surface area contributed by atoms with Crippen LogP contribution in [0.1, 0.15) is 23.6 Å². The lowest BCUT2D eigenvalue weighted by atomic mass is 10.0. The Hall–Kier alpha value is -2.34. The summed E-state index contributed by atoms with van der Waals surface area (Å²) in [7, 11) is 2.91. The van der Waals surface area contributed by atoms with Crippen LogP contribution in [0.15, 0.2) is 53.0 Å². The van der Waals surface area contributed by atoms with Gasteiger partial charge in [-0.2, -0.15) is 0 Å². The maximum Gasteiger partial charge on any atom is 0.307 e. The van der Waals surface area contributed by atoms with E-state index in [-0.39, 0.29) is 24.7 Å². The van der Waals surface area contributed by atoms with Gasteiger partial charge >= 0.3 is 5.97 Å². The molecule has 2 aromatic rings. The molecule has 1 N–H and O–H groups in total. The summed E-state index contributed by atoms with van der Waals surface area (Å²) < 4.78 is 10.8. The van der Waals surface area contributed by atoms with Gasteiger partial charge < -0.3 is 14.8 Å². The number of hydrogen-bond donors (Lipinski definition) is 1. The van der Waals surface area contributed by atoms with Crippen molar-refractivity contribution in [2.45, 2.75) is 18.9 Å². The highest BCUT2D eigenvalue weighted by Crippen LogP contribution is 2.21. The lowest BCUT2D eigenvalue weighted by Crippen LogP contribution is -2.31. The molecule has 2 aromatic carbocycles. The Morgan fingerprint density at radius 1 is 1.12 bits per heavy atom. The molecule has 0 aliphatic carbocycles. The van der Waals surface area contributed by atoms with Crippen LogP contribution < -0.4 is 10.1 Å². The van der Waals surface area contributed by atoms with Crippen LogP contribution in [0.3, 0.4) is 0 Å². The molecule has 25 heavy (non-hydrogen) atoms. The molecule has 0 bridgehead atoms. The maximum absolute atomic E-state index is 12.4. The maximum atomic E-state index is 12.4. The highest BCUT2D eigenvalue weighted by molar-refractivity contribution is 9.10. The monoisotopic (exact) mass is 405 g/mol. The second-order valence-electron chi connectivity index (χ2n) is 5.48. The first-order chi connectivity index (χ1) is 12.0. The Bertz CT molecular complexity index is 730. The van der Waals surface area contributed by atoms with Crippen molar-refractivity contribution in [1.82, 2.24) is 5.32 Å². The van der Waals surface area contributed by atoms with Crippen molar-refractivity contribution in [3.05, 3.63) is 64.1 Å². The van der Waals surface area contributed by atoms with E-state index in [0.29, 0.717) is 5.75 Å². The molecule has 5 nitrogen and oxygen atoms in total. The molecule has 0 aliphatic heterocycles. The van der Waals surface area contributed by atoms with E-state index in [4.69, 9.17) is 9.47 Å². The summed E-state index contributed by atoms with van der Waals surface area (Å²) in [5.74, 6) is 0.143. The zero-order valence-electron chi connectivity index (χ0n) is 14.1. The minimum atomic E-state index is -0.446. The second kappa shape index (κ2) is 9.22. The number of ether oxygens (including phenoxy) is 2. The molecule has 0 saturated carbocycles. The topological polar surface area (TPSA) is 64.6 Å². The largest absolute Gasteiger partial charge is 0.497 e. The summed E-state index contributed by atoms with van der Waals surface area (Å²) in [6.07, 6.45) is 0.271. The Morgan fingerprint density at radius 2 is 1.84 bits per heavy atom. The number of benzene rings is 2. The number of carbonyl (C=O) groups excluding carboxylic acids is 2. The van der Waals surface area contributed by atoms with E-state index in [9.17, 15) is 9.59 Å². The average Bonchev–Trinajstić information content (AvgIpc) is 2.61. The van der Waals surface area contributed by atoms with E-state index in [1.165, 1.54) is 7.11 Å². The van der Waals surface area contributed by atoms with Gasteiger partial charge in [0.05, 0.1) is 33.1 Å². The number of rotatable bonds is 7. The third-order valence-electron chi connectivity index (χ3n) is 3.70. The van der Waals surface area contributed by atoms with Gasteiger partial charge in [-0.1, -0.05) is 40.2 Å². The van der Waals surface area contributed by atoms with Crippen LogP contribution in [0.5, 0.6) is 5.75 Å². The zero-order valence-corrected chi connectivity index (χ0v) is 15.7. The molecule has 1 amide bonds. The standard InChI is InChI=1S/C19H20BrNO4/c1-24-16-5-3-4-13(10-16)11-18(22)21-17(12-19(23)25-2)14-6-8-15(20)9-7-14/h3-10,17H,11-12H2,1-2H3,(H,21,22). The minimum Gasteiger partial charge on any atom is -0.497 e. The number of carbonyl (C=O) groups is 2. The predicted molar refractivity (Wildman–Crippen MR) is 98.4 cm³/mol. The first kappa shape index (κ1) is 19.0. The van der Waals surface area contributed by atoms with Crippen molar-refractivity contribution in [1.29, 1.82) is 0 Å². The molecule has 0 heterocycles. The van der Waals surface area contributed by atoms with Crippen molar-refractivity contribution in [2.24, 2.45) is 0 Å². The molecule has 0 aliphatic rings. The number of hydrogen-bond acceptors (Lipinski definition) is 4. The van der Waals surface area contributed by atoms with Crippen LogP contribution in [0.25, 0.3) is 0 Å². The highest BCUT2D eigenvalue weighted by Gasteiger charge is 2.19. The van der Waals surface area contributed by atoms with Crippen LogP contribution in [-0.4, -0.2) is 26.1 Å². The van der Waals surface area contributed by atoms with E-state index in [1.54, 1.807) is 7.11 Å². The van der Waals surface area contributed by atoms with Crippen LogP contribution in [-0.2, 0) is 20.7 Å². The lowest BCUT2D eigenvalue weighted by Gasteiger charge is -2.18. The SMILES string of the molecule is COC(=O)CC(NC(=O)Cc1cccc(OC)c1)c1ccc(Br)cc1. The molecule has 0 saturated heterocycles. The molecule has 1 atom stereocenters. The van der Waals surface area contributed by atoms with Gasteiger partial charge in [0.1, 0.15) is 5.75 Å². The Balaban J connectivity index is 2.10. The van der Waals surface area contributed by atoms with Gasteiger partial charge in [0.15, 0.2) is 0 Å². The third kappa shape index (κ3) is 5.90. The predicted octanol–water partition coefficient (Wildman–Crippen LogP) is 3.42. The summed E-state index contributed by atoms with van der Waals surface area (Å²) in [4.78, 5) is 24.1. The van der Waals surface area contributed by atoms with Gasteiger partial charge in [0.25, 0.3) is 0 Å². The van der Waals surface area contributed by atoms with Crippen LogP contribution in [0.2, 0.25) is 0 Å². The summed E-state index contributed by atoms with van der Waals surface area (Å²) in [6.45, 7) is 0. The molecule has 0 spiro atoms. The van der Waals surface area contributed by atoms with Crippen molar-refractivity contribution in [3.8, 4) is 5.75 Å². The molecular weight excluding hydrogens is 386 g/mol. The fourth-order valence-electron chi connectivity index (χ4n) is 2.41. The average molecular weight is 406 g/mol. The Kier molecular flexibility index (Phi) is 7.01. The molecule has 2 rings (SSSR count). The lowest BCUT2D eigenvalue weighted by molar-refractivity contribution is -0.141. The van der Waals surface area contributed by atoms with E-state index in [1.807, 2.05) is 48.5 Å². The summed E-state index contributed by atoms with van der Waals surface area (Å²) in [5.41, 5.74) is 1.68. The summed E-state index contributed by atoms with van der Waals surface area (Å²) >= 11 is 3.38. The number of nitrogens with one attached hydrogen (secondary N) is 1. The Labute approximate surface area is 155 Å². The number of methoxy groups -OCH3 is 2. The van der Waals surface area contributed by atoms with Crippen LogP contribution >= 0.6 is 15.9 Å². The number of esters is 1. The van der Waals surface area contributed by atoms with E-state index < -0.39 is 6.04 Å². The van der Waals surface area contributed by atoms with Gasteiger partial charge in [-0.15, -0.1) is 0 Å². The quantitative estimate of drug-likeness (QED) is 0.716. The second-order valence-corrected chi connectivity index (χ2v) is 6.40. The third-order valence-corrected chi connectivity index (χ3v) is 4.23. The van der Waals surface area contributed by atoms with E-state index >= 15 is 0 Å². The number of amides is 1. The summed E-state index contributed by atoms with van der Waals surface area (Å²) in [6, 6.07) is 14.4. The normalized spacial score (nSPS) is 11.5. The van der Waals surface area contributed by atoms with Crippen LogP contribution in [0, 0.1) is 0 Å². The fraction of sp³-hybridized carbons (Fsp3) is 0.263. The van der Waals surface area contributed by atoms with Crippen molar-refractivity contribution >= 4 is 27.8 Å². The van der Waals surface area contributed by atoms with Crippen molar-refractivity contribution in [2.75, 3.05) is 14.2 Å². The summed E-state index contributed by atoms with van der Waals surface area (Å²) in [5, 5.41) is 2.91. The Morgan fingerprint density at radius 3 is 2.48 bits per heavy atom. The molecule has 0 fully saturated rings. The first-order valence-corrected chi connectivity index (χ1v) is 8.55. The first-order valence-electron chi connectivity index (χ1n) is 7.76.